The molecule has 0 amide bonds. The van der Waals surface area contributed by atoms with Crippen LogP contribution in [0.25, 0.3) is 0 Å². The maximum absolute atomic E-state index is 11.6. The molecule has 1 aromatic rings. The third kappa shape index (κ3) is 3.52. The number of anilines is 1. The molecule has 0 bridgehead atoms. The molecule has 16 heavy (non-hydrogen) atoms. The fourth-order valence-electron chi connectivity index (χ4n) is 1.26. The molecule has 0 atom stereocenters. The van der Waals surface area contributed by atoms with Crippen molar-refractivity contribution in [2.45, 2.75) is 26.3 Å². The highest BCUT2D eigenvalue weighted by Gasteiger charge is 2.28. The minimum Gasteiger partial charge on any atom is -0.464 e. The molecule has 0 heterocycles. The van der Waals surface area contributed by atoms with Crippen LogP contribution in [0, 0.1) is 0 Å². The van der Waals surface area contributed by atoms with Crippen molar-refractivity contribution in [3.05, 3.63) is 28.7 Å². The van der Waals surface area contributed by atoms with Crippen LogP contribution in [0.15, 0.2) is 28.7 Å². The number of hydrogen-bond acceptors (Lipinski definition) is 3. The van der Waals surface area contributed by atoms with E-state index >= 15 is 0 Å². The Hall–Kier alpha value is -1.03. The second kappa shape index (κ2) is 5.34. The van der Waals surface area contributed by atoms with Gasteiger partial charge >= 0.3 is 5.97 Å². The van der Waals surface area contributed by atoms with E-state index in [1.807, 2.05) is 24.3 Å². The number of carbonyl (C=O) groups excluding carboxylic acids is 1. The van der Waals surface area contributed by atoms with Crippen LogP contribution >= 0.6 is 15.9 Å². The highest BCUT2D eigenvalue weighted by atomic mass is 79.9. The van der Waals surface area contributed by atoms with E-state index in [0.29, 0.717) is 6.61 Å². The number of benzene rings is 1. The molecule has 0 radical (unpaired) electrons. The van der Waals surface area contributed by atoms with Gasteiger partial charge < -0.3 is 10.1 Å². The molecular formula is C12H16BrNO2. The topological polar surface area (TPSA) is 38.3 Å². The lowest BCUT2D eigenvalue weighted by Crippen LogP contribution is -2.41. The van der Waals surface area contributed by atoms with Gasteiger partial charge in [0.2, 0.25) is 0 Å². The fourth-order valence-corrected chi connectivity index (χ4v) is 1.52. The number of esters is 1. The van der Waals surface area contributed by atoms with E-state index in [0.717, 1.165) is 10.2 Å². The van der Waals surface area contributed by atoms with E-state index in [1.54, 1.807) is 20.8 Å². The van der Waals surface area contributed by atoms with Gasteiger partial charge in [0.15, 0.2) is 0 Å². The van der Waals surface area contributed by atoms with Gasteiger partial charge in [0.05, 0.1) is 6.61 Å². The molecule has 0 unspecified atom stereocenters. The van der Waals surface area contributed by atoms with E-state index in [-0.39, 0.29) is 5.97 Å². The van der Waals surface area contributed by atoms with Gasteiger partial charge in [-0.25, -0.2) is 4.79 Å². The lowest BCUT2D eigenvalue weighted by Gasteiger charge is -2.25. The fraction of sp³-hybridized carbons (Fsp3) is 0.417. The smallest absolute Gasteiger partial charge is 0.331 e. The Labute approximate surface area is 104 Å². The van der Waals surface area contributed by atoms with Crippen molar-refractivity contribution in [3.8, 4) is 0 Å². The van der Waals surface area contributed by atoms with E-state index in [1.165, 1.54) is 0 Å². The maximum atomic E-state index is 11.6. The van der Waals surface area contributed by atoms with Crippen LogP contribution in [0.4, 0.5) is 5.69 Å². The largest absolute Gasteiger partial charge is 0.464 e. The van der Waals surface area contributed by atoms with Gasteiger partial charge in [0.1, 0.15) is 5.54 Å². The second-order valence-electron chi connectivity index (χ2n) is 3.98. The zero-order valence-corrected chi connectivity index (χ0v) is 11.3. The molecule has 3 nitrogen and oxygen atoms in total. The highest BCUT2D eigenvalue weighted by Crippen LogP contribution is 2.19. The van der Waals surface area contributed by atoms with Crippen molar-refractivity contribution in [1.82, 2.24) is 0 Å². The van der Waals surface area contributed by atoms with Gasteiger partial charge in [0, 0.05) is 10.2 Å². The summed E-state index contributed by atoms with van der Waals surface area (Å²) in [5, 5.41) is 3.13. The Bertz CT molecular complexity index is 360. The molecule has 1 N–H and O–H groups in total. The van der Waals surface area contributed by atoms with Gasteiger partial charge in [-0.1, -0.05) is 15.9 Å². The summed E-state index contributed by atoms with van der Waals surface area (Å²) in [5.74, 6) is -0.252. The van der Waals surface area contributed by atoms with Crippen LogP contribution in [0.1, 0.15) is 20.8 Å². The van der Waals surface area contributed by atoms with Crippen LogP contribution in [0.5, 0.6) is 0 Å². The predicted molar refractivity (Wildman–Crippen MR) is 68.5 cm³/mol. The SMILES string of the molecule is CCOC(=O)C(C)(C)Nc1ccc(Br)cc1. The minimum atomic E-state index is -0.718. The summed E-state index contributed by atoms with van der Waals surface area (Å²) in [6.07, 6.45) is 0. The lowest BCUT2D eigenvalue weighted by molar-refractivity contribution is -0.147. The summed E-state index contributed by atoms with van der Waals surface area (Å²) in [4.78, 5) is 11.6. The molecule has 0 aliphatic rings. The maximum Gasteiger partial charge on any atom is 0.331 e. The summed E-state index contributed by atoms with van der Waals surface area (Å²) in [6.45, 7) is 5.79. The summed E-state index contributed by atoms with van der Waals surface area (Å²) in [6, 6.07) is 7.66. The van der Waals surface area contributed by atoms with Crippen LogP contribution in [-0.2, 0) is 9.53 Å². The van der Waals surface area contributed by atoms with Gasteiger partial charge in [-0.05, 0) is 45.0 Å². The quantitative estimate of drug-likeness (QED) is 0.864. The molecule has 0 fully saturated rings. The molecule has 0 aliphatic carbocycles. The molecule has 1 rings (SSSR count). The van der Waals surface area contributed by atoms with Crippen molar-refractivity contribution in [3.63, 3.8) is 0 Å². The average Bonchev–Trinajstić information content (AvgIpc) is 2.21. The first kappa shape index (κ1) is 13.0. The molecule has 88 valence electrons. The predicted octanol–water partition coefficient (Wildman–Crippen LogP) is 3.20. The zero-order valence-electron chi connectivity index (χ0n) is 9.71. The summed E-state index contributed by atoms with van der Waals surface area (Å²) < 4.78 is 6.00. The number of halogens is 1. The monoisotopic (exact) mass is 285 g/mol. The minimum absolute atomic E-state index is 0.252. The Kier molecular flexibility index (Phi) is 4.35. The van der Waals surface area contributed by atoms with Crippen molar-refractivity contribution in [2.75, 3.05) is 11.9 Å². The Balaban J connectivity index is 2.72. The second-order valence-corrected chi connectivity index (χ2v) is 4.89. The summed E-state index contributed by atoms with van der Waals surface area (Å²) in [5.41, 5.74) is 0.172. The van der Waals surface area contributed by atoms with Crippen molar-refractivity contribution >= 4 is 27.6 Å². The van der Waals surface area contributed by atoms with Gasteiger partial charge in [0.25, 0.3) is 0 Å². The number of rotatable bonds is 4. The first-order valence-electron chi connectivity index (χ1n) is 5.16. The standard InChI is InChI=1S/C12H16BrNO2/c1-4-16-11(15)12(2,3)14-10-7-5-9(13)6-8-10/h5-8,14H,4H2,1-3H3. The molecule has 0 spiro atoms. The van der Waals surface area contributed by atoms with E-state index in [4.69, 9.17) is 4.74 Å². The van der Waals surface area contributed by atoms with Gasteiger partial charge in [-0.2, -0.15) is 0 Å². The highest BCUT2D eigenvalue weighted by molar-refractivity contribution is 9.10. The van der Waals surface area contributed by atoms with Gasteiger partial charge in [-0.15, -0.1) is 0 Å². The molecule has 0 saturated heterocycles. The Morgan fingerprint density at radius 1 is 1.38 bits per heavy atom. The van der Waals surface area contributed by atoms with Crippen molar-refractivity contribution in [1.29, 1.82) is 0 Å². The van der Waals surface area contributed by atoms with E-state index in [2.05, 4.69) is 21.2 Å². The molecule has 0 saturated carbocycles. The van der Waals surface area contributed by atoms with Crippen LogP contribution in [0.2, 0.25) is 0 Å². The average molecular weight is 286 g/mol. The van der Waals surface area contributed by atoms with Crippen LogP contribution in [-0.4, -0.2) is 18.1 Å². The van der Waals surface area contributed by atoms with Crippen LogP contribution < -0.4 is 5.32 Å². The molecule has 4 heteroatoms. The van der Waals surface area contributed by atoms with E-state index in [9.17, 15) is 4.79 Å². The first-order valence-corrected chi connectivity index (χ1v) is 5.96. The van der Waals surface area contributed by atoms with E-state index < -0.39 is 5.54 Å². The zero-order chi connectivity index (χ0) is 12.2. The number of hydrogen-bond donors (Lipinski definition) is 1. The molecule has 1 aromatic carbocycles. The third-order valence-corrected chi connectivity index (χ3v) is 2.62. The van der Waals surface area contributed by atoms with Crippen molar-refractivity contribution < 1.29 is 9.53 Å². The Morgan fingerprint density at radius 3 is 2.44 bits per heavy atom. The Morgan fingerprint density at radius 2 is 1.94 bits per heavy atom. The summed E-state index contributed by atoms with van der Waals surface area (Å²) in [7, 11) is 0. The number of nitrogens with one attached hydrogen (secondary N) is 1. The number of carbonyl (C=O) groups is 1. The van der Waals surface area contributed by atoms with Crippen LogP contribution in [0.3, 0.4) is 0 Å². The number of ether oxygens (including phenoxy) is 1. The van der Waals surface area contributed by atoms with Gasteiger partial charge in [-0.3, -0.25) is 0 Å². The molecule has 0 aliphatic heterocycles. The third-order valence-electron chi connectivity index (χ3n) is 2.09. The molecular weight excluding hydrogens is 270 g/mol. The normalized spacial score (nSPS) is 11.0. The summed E-state index contributed by atoms with van der Waals surface area (Å²) >= 11 is 3.36. The first-order chi connectivity index (χ1) is 7.45. The lowest BCUT2D eigenvalue weighted by atomic mass is 10.1. The molecule has 0 aromatic heterocycles. The van der Waals surface area contributed by atoms with Crippen molar-refractivity contribution in [2.24, 2.45) is 0 Å².